The Morgan fingerprint density at radius 2 is 2.15 bits per heavy atom. The minimum absolute atomic E-state index is 0.00574. The van der Waals surface area contributed by atoms with E-state index >= 15 is 0 Å². The van der Waals surface area contributed by atoms with Crippen LogP contribution >= 0.6 is 0 Å². The summed E-state index contributed by atoms with van der Waals surface area (Å²) in [5, 5.41) is 4.38. The number of hydrogen-bond donors (Lipinski definition) is 1. The Morgan fingerprint density at radius 1 is 1.35 bits per heavy atom. The summed E-state index contributed by atoms with van der Waals surface area (Å²) in [6.07, 6.45) is 2.25. The molecule has 136 valence electrons. The van der Waals surface area contributed by atoms with Gasteiger partial charge in [-0.3, -0.25) is 4.79 Å². The van der Waals surface area contributed by atoms with Gasteiger partial charge in [0.15, 0.2) is 21.5 Å². The minimum Gasteiger partial charge on any atom is -0.369 e. The van der Waals surface area contributed by atoms with E-state index in [1.165, 1.54) is 0 Å². The van der Waals surface area contributed by atoms with Gasteiger partial charge < -0.3 is 10.1 Å². The lowest BCUT2D eigenvalue weighted by Gasteiger charge is -2.10. The smallest absolute Gasteiger partial charge is 0.225 e. The second-order valence-electron chi connectivity index (χ2n) is 6.47. The predicted molar refractivity (Wildman–Crippen MR) is 94.2 cm³/mol. The predicted octanol–water partition coefficient (Wildman–Crippen LogP) is 0.289. The number of carbonyl (C=O) groups is 1. The molecule has 1 fully saturated rings. The van der Waals surface area contributed by atoms with Gasteiger partial charge in [0.05, 0.1) is 29.7 Å². The normalized spacial score (nSPS) is 19.2. The van der Waals surface area contributed by atoms with Gasteiger partial charge in [-0.25, -0.2) is 23.1 Å². The van der Waals surface area contributed by atoms with E-state index in [1.807, 2.05) is 35.7 Å². The van der Waals surface area contributed by atoms with E-state index < -0.39 is 15.7 Å². The number of hydrogen-bond acceptors (Lipinski definition) is 6. The molecule has 0 bridgehead atoms. The molecule has 1 saturated heterocycles. The van der Waals surface area contributed by atoms with Crippen molar-refractivity contribution in [3.05, 3.63) is 35.9 Å². The molecule has 26 heavy (non-hydrogen) atoms. The molecule has 0 spiro atoms. The highest BCUT2D eigenvalue weighted by atomic mass is 32.2. The number of aromatic nitrogens is 5. The second kappa shape index (κ2) is 5.90. The molecule has 1 atom stereocenters. The number of carbonyl (C=O) groups excluding carboxylic acids is 1. The molecule has 0 aliphatic carbocycles. The van der Waals surface area contributed by atoms with Crippen LogP contribution in [-0.4, -0.2) is 50.0 Å². The van der Waals surface area contributed by atoms with E-state index in [4.69, 9.17) is 5.73 Å². The highest BCUT2D eigenvalue weighted by Crippen LogP contribution is 2.30. The first-order chi connectivity index (χ1) is 12.3. The van der Waals surface area contributed by atoms with Gasteiger partial charge in [0.2, 0.25) is 5.91 Å². The monoisotopic (exact) mass is 374 g/mol. The first kappa shape index (κ1) is 16.7. The number of nitrogens with two attached hydrogens (primary N) is 1. The highest BCUT2D eigenvalue weighted by molar-refractivity contribution is 7.91. The van der Waals surface area contributed by atoms with Crippen molar-refractivity contribution in [3.63, 3.8) is 0 Å². The molecule has 1 aliphatic rings. The maximum absolute atomic E-state index is 11.9. The standard InChI is InChI=1S/C16H18N6O3S/c1-10-15(19-14-4-2-3-6-21(10)14)16-18-13(8-12(17)23)20-22(16)11-5-7-26(24,25)9-11/h2-4,6,11H,5,7-9H2,1H3,(H2,17,23). The van der Waals surface area contributed by atoms with Crippen LogP contribution < -0.4 is 5.73 Å². The van der Waals surface area contributed by atoms with Crippen LogP contribution in [0.2, 0.25) is 0 Å². The van der Waals surface area contributed by atoms with Crippen molar-refractivity contribution in [2.75, 3.05) is 11.5 Å². The average Bonchev–Trinajstić information content (AvgIpc) is 3.23. The van der Waals surface area contributed by atoms with E-state index in [2.05, 4.69) is 15.1 Å². The molecular weight excluding hydrogens is 356 g/mol. The first-order valence-corrected chi connectivity index (χ1v) is 10.0. The summed E-state index contributed by atoms with van der Waals surface area (Å²) in [5.41, 5.74) is 7.50. The molecule has 0 radical (unpaired) electrons. The summed E-state index contributed by atoms with van der Waals surface area (Å²) < 4.78 is 27.3. The van der Waals surface area contributed by atoms with Gasteiger partial charge in [-0.1, -0.05) is 6.07 Å². The lowest BCUT2D eigenvalue weighted by atomic mass is 10.2. The SMILES string of the molecule is Cc1c(-c2nc(CC(N)=O)nn2C2CCS(=O)(=O)C2)nc2ccccn12. The van der Waals surface area contributed by atoms with E-state index in [1.54, 1.807) is 4.68 Å². The Balaban J connectivity index is 1.87. The molecule has 10 heteroatoms. The quantitative estimate of drug-likeness (QED) is 0.699. The fourth-order valence-electron chi connectivity index (χ4n) is 3.31. The van der Waals surface area contributed by atoms with Crippen LogP contribution in [0.5, 0.6) is 0 Å². The molecule has 4 rings (SSSR count). The molecule has 3 aromatic heterocycles. The average molecular weight is 374 g/mol. The molecule has 1 unspecified atom stereocenters. The Morgan fingerprint density at radius 3 is 2.81 bits per heavy atom. The molecule has 3 aromatic rings. The van der Waals surface area contributed by atoms with E-state index in [9.17, 15) is 13.2 Å². The van der Waals surface area contributed by atoms with E-state index in [0.29, 0.717) is 17.9 Å². The van der Waals surface area contributed by atoms with Crippen molar-refractivity contribution in [2.45, 2.75) is 25.8 Å². The lowest BCUT2D eigenvalue weighted by molar-refractivity contribution is -0.117. The maximum atomic E-state index is 11.9. The van der Waals surface area contributed by atoms with Crippen LogP contribution in [0.25, 0.3) is 17.2 Å². The number of sulfone groups is 1. The summed E-state index contributed by atoms with van der Waals surface area (Å²) in [6.45, 7) is 1.91. The number of aryl methyl sites for hydroxylation is 1. The van der Waals surface area contributed by atoms with Crippen molar-refractivity contribution < 1.29 is 13.2 Å². The van der Waals surface area contributed by atoms with Crippen molar-refractivity contribution in [1.29, 1.82) is 0 Å². The van der Waals surface area contributed by atoms with Gasteiger partial charge >= 0.3 is 0 Å². The summed E-state index contributed by atoms with van der Waals surface area (Å²) in [7, 11) is -3.10. The van der Waals surface area contributed by atoms with Crippen LogP contribution in [-0.2, 0) is 21.1 Å². The Kier molecular flexibility index (Phi) is 3.79. The molecule has 9 nitrogen and oxygen atoms in total. The number of rotatable bonds is 4. The summed E-state index contributed by atoms with van der Waals surface area (Å²) in [6, 6.07) is 5.34. The van der Waals surface area contributed by atoms with Gasteiger partial charge in [-0.15, -0.1) is 0 Å². The van der Waals surface area contributed by atoms with Crippen LogP contribution in [0.4, 0.5) is 0 Å². The third kappa shape index (κ3) is 2.85. The minimum atomic E-state index is -3.10. The topological polar surface area (TPSA) is 125 Å². The molecule has 1 amide bonds. The number of nitrogens with zero attached hydrogens (tertiary/aromatic N) is 5. The number of imidazole rings is 1. The summed E-state index contributed by atoms with van der Waals surface area (Å²) in [4.78, 5) is 20.3. The third-order valence-corrected chi connectivity index (χ3v) is 6.29. The highest BCUT2D eigenvalue weighted by Gasteiger charge is 2.33. The molecule has 4 heterocycles. The zero-order valence-electron chi connectivity index (χ0n) is 14.2. The third-order valence-electron chi connectivity index (χ3n) is 4.54. The zero-order chi connectivity index (χ0) is 18.5. The largest absolute Gasteiger partial charge is 0.369 e. The van der Waals surface area contributed by atoms with Crippen LogP contribution in [0.3, 0.4) is 0 Å². The number of fused-ring (bicyclic) bond motifs is 1. The van der Waals surface area contributed by atoms with Crippen molar-refractivity contribution in [3.8, 4) is 11.5 Å². The first-order valence-electron chi connectivity index (χ1n) is 8.22. The molecule has 2 N–H and O–H groups in total. The number of primary amides is 1. The fourth-order valence-corrected chi connectivity index (χ4v) is 5.00. The van der Waals surface area contributed by atoms with Crippen LogP contribution in [0.15, 0.2) is 24.4 Å². The molecule has 0 aromatic carbocycles. The van der Waals surface area contributed by atoms with Gasteiger partial charge in [0.1, 0.15) is 11.3 Å². The van der Waals surface area contributed by atoms with Gasteiger partial charge in [-0.2, -0.15) is 5.10 Å². The zero-order valence-corrected chi connectivity index (χ0v) is 15.0. The summed E-state index contributed by atoms with van der Waals surface area (Å²) in [5.74, 6) is 0.315. The Labute approximate surface area is 149 Å². The van der Waals surface area contributed by atoms with Gasteiger partial charge in [-0.05, 0) is 25.5 Å². The van der Waals surface area contributed by atoms with Crippen molar-refractivity contribution in [2.24, 2.45) is 5.73 Å². The van der Waals surface area contributed by atoms with Gasteiger partial charge in [0, 0.05) is 6.20 Å². The van der Waals surface area contributed by atoms with Crippen LogP contribution in [0, 0.1) is 6.92 Å². The summed E-state index contributed by atoms with van der Waals surface area (Å²) >= 11 is 0. The maximum Gasteiger partial charge on any atom is 0.225 e. The Bertz CT molecular complexity index is 1110. The molecular formula is C16H18N6O3S. The van der Waals surface area contributed by atoms with Crippen molar-refractivity contribution in [1.82, 2.24) is 24.1 Å². The van der Waals surface area contributed by atoms with Crippen molar-refractivity contribution >= 4 is 21.4 Å². The fraction of sp³-hybridized carbons (Fsp3) is 0.375. The van der Waals surface area contributed by atoms with E-state index in [-0.39, 0.29) is 29.8 Å². The van der Waals surface area contributed by atoms with Gasteiger partial charge in [0.25, 0.3) is 0 Å². The molecule has 0 saturated carbocycles. The number of pyridine rings is 1. The lowest BCUT2D eigenvalue weighted by Crippen LogP contribution is -2.16. The second-order valence-corrected chi connectivity index (χ2v) is 8.70. The van der Waals surface area contributed by atoms with E-state index in [0.717, 1.165) is 11.3 Å². The number of amides is 1. The Hall–Kier alpha value is -2.75. The molecule has 1 aliphatic heterocycles. The van der Waals surface area contributed by atoms with Crippen LogP contribution in [0.1, 0.15) is 24.0 Å².